The van der Waals surface area contributed by atoms with Crippen LogP contribution in [0, 0.1) is 18.6 Å². The molecule has 2 atom stereocenters. The van der Waals surface area contributed by atoms with Crippen molar-refractivity contribution in [2.75, 3.05) is 25.2 Å². The minimum absolute atomic E-state index is 0.139. The summed E-state index contributed by atoms with van der Waals surface area (Å²) in [6, 6.07) is 17.7. The molecule has 4 aromatic carbocycles. The normalized spacial score (nSPS) is 20.7. The largest absolute Gasteiger partial charge is 0.501 e. The van der Waals surface area contributed by atoms with Crippen LogP contribution in [0.2, 0.25) is 0 Å². The van der Waals surface area contributed by atoms with Crippen LogP contribution < -0.4 is 25.7 Å². The van der Waals surface area contributed by atoms with Gasteiger partial charge >= 0.3 is 0 Å². The lowest BCUT2D eigenvalue weighted by atomic mass is 9.76. The molecular formula is C45H39BrF2N6O5S2. The van der Waals surface area contributed by atoms with Gasteiger partial charge in [0.25, 0.3) is 0 Å². The third-order valence-electron chi connectivity index (χ3n) is 11.3. The molecule has 0 saturated carbocycles. The first-order valence-electron chi connectivity index (χ1n) is 19.6. The number of carbonyl (C=O) groups is 1. The molecular weight excluding hydrogens is 887 g/mol. The fourth-order valence-corrected chi connectivity index (χ4v) is 10.4. The highest BCUT2D eigenvalue weighted by Gasteiger charge is 2.47. The number of aryl methyl sites for hydroxylation is 1. The van der Waals surface area contributed by atoms with Gasteiger partial charge in [-0.05, 0) is 97.8 Å². The van der Waals surface area contributed by atoms with Crippen LogP contribution in [0.4, 0.5) is 8.78 Å². The van der Waals surface area contributed by atoms with E-state index in [1.54, 1.807) is 24.6 Å². The molecule has 16 heteroatoms. The summed E-state index contributed by atoms with van der Waals surface area (Å²) in [6.45, 7) is 2.48. The van der Waals surface area contributed by atoms with Crippen LogP contribution in [-0.4, -0.2) is 51.3 Å². The van der Waals surface area contributed by atoms with Gasteiger partial charge in [-0.25, -0.2) is 23.7 Å². The van der Waals surface area contributed by atoms with Crippen LogP contribution in [0.3, 0.4) is 0 Å². The first kappa shape index (κ1) is 40.9. The van der Waals surface area contributed by atoms with Crippen LogP contribution >= 0.6 is 39.5 Å². The Balaban J connectivity index is 0.000000171. The van der Waals surface area contributed by atoms with Crippen molar-refractivity contribution in [1.29, 1.82) is 0 Å². The molecule has 5 aromatic rings. The lowest BCUT2D eigenvalue weighted by molar-refractivity contribution is 0.0987. The number of benzene rings is 4. The van der Waals surface area contributed by atoms with Crippen molar-refractivity contribution in [2.24, 2.45) is 21.5 Å². The molecule has 0 fully saturated rings. The molecule has 312 valence electrons. The second-order valence-corrected chi connectivity index (χ2v) is 18.2. The minimum atomic E-state index is -0.923. The highest BCUT2D eigenvalue weighted by molar-refractivity contribution is 9.10. The fourth-order valence-electron chi connectivity index (χ4n) is 8.34. The number of nitrogens with zero attached hydrogens (tertiary/aromatic N) is 4. The first-order chi connectivity index (χ1) is 29.5. The maximum Gasteiger partial charge on any atom is 0.187 e. The molecule has 2 spiro atoms. The Morgan fingerprint density at radius 1 is 0.836 bits per heavy atom. The molecule has 6 heterocycles. The third kappa shape index (κ3) is 7.63. The van der Waals surface area contributed by atoms with Gasteiger partial charge in [-0.2, -0.15) is 0 Å². The number of methoxy groups -OCH3 is 1. The maximum absolute atomic E-state index is 15.5. The quantitative estimate of drug-likeness (QED) is 0.162. The van der Waals surface area contributed by atoms with Gasteiger partial charge in [-0.15, -0.1) is 0 Å². The highest BCUT2D eigenvalue weighted by Crippen LogP contribution is 2.56. The van der Waals surface area contributed by atoms with E-state index in [2.05, 4.69) is 25.9 Å². The monoisotopic (exact) mass is 924 g/mol. The Kier molecular flexibility index (Phi) is 11.0. The van der Waals surface area contributed by atoms with Gasteiger partial charge in [0.05, 0.1) is 31.9 Å². The number of ketones is 1. The molecule has 0 radical (unpaired) electrons. The number of Topliss-reactive ketones (excluding diaryl/α,β-unsaturated/α-hetero) is 1. The zero-order chi connectivity index (χ0) is 42.5. The predicted octanol–water partition coefficient (Wildman–Crippen LogP) is 9.70. The summed E-state index contributed by atoms with van der Waals surface area (Å²) in [5, 5.41) is 0.927. The van der Waals surface area contributed by atoms with Gasteiger partial charge in [0, 0.05) is 56.9 Å². The van der Waals surface area contributed by atoms with E-state index in [9.17, 15) is 9.18 Å². The number of carbonyl (C=O) groups excluding carboxylic acids is 1. The number of hydrogen-bond donors (Lipinski definition) is 2. The van der Waals surface area contributed by atoms with E-state index in [1.807, 2.05) is 43.3 Å². The molecule has 0 amide bonds. The van der Waals surface area contributed by atoms with Crippen molar-refractivity contribution in [3.63, 3.8) is 0 Å². The minimum Gasteiger partial charge on any atom is -0.501 e. The van der Waals surface area contributed by atoms with Crippen molar-refractivity contribution >= 4 is 61.1 Å². The summed E-state index contributed by atoms with van der Waals surface area (Å²) in [5.74, 6) is 2.33. The Labute approximate surface area is 367 Å². The number of fused-ring (bicyclic) bond motifs is 8. The summed E-state index contributed by atoms with van der Waals surface area (Å²) in [7, 11) is 1.51. The summed E-state index contributed by atoms with van der Waals surface area (Å²) in [6.07, 6.45) is 7.91. The summed E-state index contributed by atoms with van der Waals surface area (Å²) < 4.78 is 53.8. The Morgan fingerprint density at radius 3 is 2.11 bits per heavy atom. The van der Waals surface area contributed by atoms with Crippen molar-refractivity contribution in [3.05, 3.63) is 140 Å². The Morgan fingerprint density at radius 2 is 1.49 bits per heavy atom. The molecule has 1 aromatic heterocycles. The molecule has 0 aliphatic carbocycles. The zero-order valence-electron chi connectivity index (χ0n) is 33.1. The maximum atomic E-state index is 15.5. The van der Waals surface area contributed by atoms with Gasteiger partial charge in [-0.1, -0.05) is 45.5 Å². The third-order valence-corrected chi connectivity index (χ3v) is 13.3. The number of thioether (sulfide) groups is 2. The number of aromatic nitrogens is 2. The fraction of sp³-hybridized carbons (Fsp3) is 0.267. The van der Waals surface area contributed by atoms with E-state index in [1.165, 1.54) is 49.0 Å². The number of allylic oxidation sites excluding steroid dienone is 1. The average molecular weight is 926 g/mol. The lowest BCUT2D eigenvalue weighted by Gasteiger charge is -2.40. The van der Waals surface area contributed by atoms with Crippen LogP contribution in [0.25, 0.3) is 5.57 Å². The number of aliphatic imine (C=N–C) groups is 2. The van der Waals surface area contributed by atoms with Crippen LogP contribution in [0.15, 0.2) is 93.8 Å². The van der Waals surface area contributed by atoms with Gasteiger partial charge in [-0.3, -0.25) is 9.78 Å². The van der Waals surface area contributed by atoms with Crippen molar-refractivity contribution in [2.45, 2.75) is 50.1 Å². The Bertz CT molecular complexity index is 2700. The summed E-state index contributed by atoms with van der Waals surface area (Å²) >= 11 is 6.48. The van der Waals surface area contributed by atoms with Gasteiger partial charge < -0.3 is 30.4 Å². The average Bonchev–Trinajstić information content (AvgIpc) is 3.26. The van der Waals surface area contributed by atoms with Crippen molar-refractivity contribution in [1.82, 2.24) is 9.97 Å². The van der Waals surface area contributed by atoms with Gasteiger partial charge in [0.15, 0.2) is 39.3 Å². The van der Waals surface area contributed by atoms with Crippen molar-refractivity contribution < 1.29 is 32.5 Å². The van der Waals surface area contributed by atoms with Crippen LogP contribution in [-0.2, 0) is 22.2 Å². The zero-order valence-corrected chi connectivity index (χ0v) is 36.3. The molecule has 10 rings (SSSR count). The van der Waals surface area contributed by atoms with Gasteiger partial charge in [0.2, 0.25) is 0 Å². The molecule has 0 unspecified atom stereocenters. The summed E-state index contributed by atoms with van der Waals surface area (Å²) in [5.41, 5.74) is 17.1. The highest BCUT2D eigenvalue weighted by atomic mass is 79.9. The number of rotatable bonds is 5. The molecule has 11 nitrogen and oxygen atoms in total. The van der Waals surface area contributed by atoms with Crippen LogP contribution in [0.1, 0.15) is 75.2 Å². The lowest BCUT2D eigenvalue weighted by Crippen LogP contribution is -2.36. The van der Waals surface area contributed by atoms with E-state index in [4.69, 9.17) is 40.4 Å². The number of hydrogen-bond acceptors (Lipinski definition) is 13. The second-order valence-electron chi connectivity index (χ2n) is 15.1. The summed E-state index contributed by atoms with van der Waals surface area (Å²) in [4.78, 5) is 31.0. The van der Waals surface area contributed by atoms with Gasteiger partial charge in [0.1, 0.15) is 34.0 Å². The van der Waals surface area contributed by atoms with E-state index in [0.717, 1.165) is 56.6 Å². The first-order valence-corrected chi connectivity index (χ1v) is 22.3. The number of ether oxygens (including phenoxy) is 4. The predicted molar refractivity (Wildman–Crippen MR) is 237 cm³/mol. The smallest absolute Gasteiger partial charge is 0.187 e. The number of amidine groups is 2. The van der Waals surface area contributed by atoms with Crippen LogP contribution in [0.5, 0.6) is 28.7 Å². The van der Waals surface area contributed by atoms with E-state index >= 15 is 4.39 Å². The molecule has 4 N–H and O–H groups in total. The van der Waals surface area contributed by atoms with E-state index < -0.39 is 22.7 Å². The van der Waals surface area contributed by atoms with E-state index in [0.29, 0.717) is 69.6 Å². The Hall–Kier alpha value is -5.45. The molecule has 5 aliphatic heterocycles. The number of halogens is 3. The molecule has 5 aliphatic rings. The topological polar surface area (TPSA) is 157 Å². The van der Waals surface area contributed by atoms with Crippen molar-refractivity contribution in [3.8, 4) is 28.7 Å². The second kappa shape index (κ2) is 16.4. The van der Waals surface area contributed by atoms with E-state index in [-0.39, 0.29) is 23.7 Å². The molecule has 0 saturated heterocycles. The standard InChI is InChI=1S/C28H25FN4O3S.C17H14BrFN2O2S/c1-16-13-32-23(14-31-16)24(34)10-17-4-5-25-20(9-17)28(6-8-37-27(30)33-28)21-11-19(12-22(29)26(21)36-25)18-3-2-7-35-15-18;1-22-10-7-12-15(13(19)8-10)23-14-3-2-9(18)6-11(14)17(12)4-5-24-16(20)21-17/h4-5,9,11-15H,2-3,6-8,10H2,1H3,(H2,30,33);2-3,6-8H,4-5H2,1H3,(H2,20,21)/t28-;17-/m00/s1. The molecule has 61 heavy (non-hydrogen) atoms. The SMILES string of the molecule is COc1cc(F)c2c(c1)[C@]1(CCSC(N)=N1)c1cc(Br)ccc1O2.Cc1cnc(C(=O)Cc2ccc3c(c2)[C@@]2(CCSC(N)=N2)c2cc(C4=COCCC4)cc(F)c2O3)cn1. The number of nitrogens with two attached hydrogens (primary N) is 2. The molecule has 0 bridgehead atoms.